The lowest BCUT2D eigenvalue weighted by atomic mass is 10.3. The van der Waals surface area contributed by atoms with E-state index in [1.165, 1.54) is 0 Å². The number of aromatic nitrogens is 1. The first-order valence-corrected chi connectivity index (χ1v) is 5.19. The van der Waals surface area contributed by atoms with E-state index in [4.69, 9.17) is 10.5 Å². The summed E-state index contributed by atoms with van der Waals surface area (Å²) in [5, 5.41) is 0. The zero-order chi connectivity index (χ0) is 10.7. The van der Waals surface area contributed by atoms with Crippen molar-refractivity contribution in [3.63, 3.8) is 0 Å². The molecule has 0 saturated heterocycles. The SMILES string of the molecule is Nc1cccc(Oc2ccc(Br)cc2)n1. The van der Waals surface area contributed by atoms with Crippen LogP contribution in [0.5, 0.6) is 11.6 Å². The topological polar surface area (TPSA) is 48.1 Å². The molecule has 1 aromatic carbocycles. The fourth-order valence-electron chi connectivity index (χ4n) is 1.11. The minimum Gasteiger partial charge on any atom is -0.439 e. The molecule has 0 aliphatic carbocycles. The second kappa shape index (κ2) is 4.31. The molecule has 0 aliphatic rings. The monoisotopic (exact) mass is 264 g/mol. The second-order valence-corrected chi connectivity index (χ2v) is 3.87. The Kier molecular flexibility index (Phi) is 2.87. The van der Waals surface area contributed by atoms with Gasteiger partial charge in [0.15, 0.2) is 0 Å². The van der Waals surface area contributed by atoms with E-state index in [2.05, 4.69) is 20.9 Å². The van der Waals surface area contributed by atoms with Crippen LogP contribution in [0, 0.1) is 0 Å². The largest absolute Gasteiger partial charge is 0.439 e. The fourth-order valence-corrected chi connectivity index (χ4v) is 1.38. The van der Waals surface area contributed by atoms with E-state index in [1.807, 2.05) is 24.3 Å². The van der Waals surface area contributed by atoms with Crippen LogP contribution < -0.4 is 10.5 Å². The molecule has 4 heteroatoms. The van der Waals surface area contributed by atoms with E-state index >= 15 is 0 Å². The van der Waals surface area contributed by atoms with Crippen LogP contribution in [-0.2, 0) is 0 Å². The Labute approximate surface area is 96.0 Å². The molecule has 1 aromatic heterocycles. The number of rotatable bonds is 2. The number of nitrogens with zero attached hydrogens (tertiary/aromatic N) is 1. The average Bonchev–Trinajstić information content (AvgIpc) is 2.22. The highest BCUT2D eigenvalue weighted by Gasteiger charge is 1.98. The Bertz CT molecular complexity index is 456. The first kappa shape index (κ1) is 9.98. The molecule has 2 rings (SSSR count). The van der Waals surface area contributed by atoms with Crippen LogP contribution in [0.2, 0.25) is 0 Å². The van der Waals surface area contributed by atoms with Crippen molar-refractivity contribution in [2.45, 2.75) is 0 Å². The molecule has 0 atom stereocenters. The summed E-state index contributed by atoms with van der Waals surface area (Å²) in [5.41, 5.74) is 5.54. The highest BCUT2D eigenvalue weighted by atomic mass is 79.9. The summed E-state index contributed by atoms with van der Waals surface area (Å²) in [4.78, 5) is 4.03. The number of halogens is 1. The highest BCUT2D eigenvalue weighted by molar-refractivity contribution is 9.10. The summed E-state index contributed by atoms with van der Waals surface area (Å²) in [6.07, 6.45) is 0. The van der Waals surface area contributed by atoms with Gasteiger partial charge < -0.3 is 10.5 Å². The standard InChI is InChI=1S/C11H9BrN2O/c12-8-4-6-9(7-5-8)15-11-3-1-2-10(13)14-11/h1-7H,(H2,13,14). The number of benzene rings is 1. The summed E-state index contributed by atoms with van der Waals surface area (Å²) >= 11 is 3.35. The molecule has 2 N–H and O–H groups in total. The van der Waals surface area contributed by atoms with Gasteiger partial charge in [0, 0.05) is 10.5 Å². The Balaban J connectivity index is 2.18. The van der Waals surface area contributed by atoms with Gasteiger partial charge in [-0.2, -0.15) is 4.98 Å². The number of nitrogen functional groups attached to an aromatic ring is 1. The number of anilines is 1. The summed E-state index contributed by atoms with van der Waals surface area (Å²) in [6, 6.07) is 12.8. The van der Waals surface area contributed by atoms with Crippen LogP contribution in [-0.4, -0.2) is 4.98 Å². The van der Waals surface area contributed by atoms with E-state index in [1.54, 1.807) is 18.2 Å². The van der Waals surface area contributed by atoms with Gasteiger partial charge in [0.2, 0.25) is 5.88 Å². The van der Waals surface area contributed by atoms with E-state index in [-0.39, 0.29) is 0 Å². The van der Waals surface area contributed by atoms with Crippen molar-refractivity contribution in [2.75, 3.05) is 5.73 Å². The first-order valence-electron chi connectivity index (χ1n) is 4.40. The minimum absolute atomic E-state index is 0.449. The minimum atomic E-state index is 0.449. The average molecular weight is 265 g/mol. The quantitative estimate of drug-likeness (QED) is 0.906. The molecule has 0 amide bonds. The van der Waals surface area contributed by atoms with Crippen molar-refractivity contribution in [1.29, 1.82) is 0 Å². The summed E-state index contributed by atoms with van der Waals surface area (Å²) in [5.74, 6) is 1.68. The maximum atomic E-state index is 5.54. The summed E-state index contributed by atoms with van der Waals surface area (Å²) in [6.45, 7) is 0. The maximum absolute atomic E-state index is 5.54. The number of hydrogen-bond donors (Lipinski definition) is 1. The van der Waals surface area contributed by atoms with Crippen molar-refractivity contribution in [2.24, 2.45) is 0 Å². The Morgan fingerprint density at radius 1 is 1.07 bits per heavy atom. The number of nitrogens with two attached hydrogens (primary N) is 1. The van der Waals surface area contributed by atoms with Crippen molar-refractivity contribution < 1.29 is 4.74 Å². The molecule has 0 unspecified atom stereocenters. The van der Waals surface area contributed by atoms with Gasteiger partial charge in [-0.3, -0.25) is 0 Å². The van der Waals surface area contributed by atoms with Crippen LogP contribution in [0.3, 0.4) is 0 Å². The molecule has 0 fully saturated rings. The van der Waals surface area contributed by atoms with E-state index in [9.17, 15) is 0 Å². The van der Waals surface area contributed by atoms with Gasteiger partial charge in [-0.25, -0.2) is 0 Å². The first-order chi connectivity index (χ1) is 7.24. The molecule has 76 valence electrons. The molecule has 0 aliphatic heterocycles. The molecule has 0 spiro atoms. The van der Waals surface area contributed by atoms with Crippen LogP contribution in [0.4, 0.5) is 5.82 Å². The normalized spacial score (nSPS) is 9.93. The lowest BCUT2D eigenvalue weighted by Gasteiger charge is -2.04. The van der Waals surface area contributed by atoms with Crippen LogP contribution in [0.25, 0.3) is 0 Å². The third-order valence-electron chi connectivity index (χ3n) is 1.78. The zero-order valence-corrected chi connectivity index (χ0v) is 9.44. The van der Waals surface area contributed by atoms with Gasteiger partial charge in [-0.1, -0.05) is 22.0 Å². The smallest absolute Gasteiger partial charge is 0.221 e. The summed E-state index contributed by atoms with van der Waals surface area (Å²) < 4.78 is 6.51. The van der Waals surface area contributed by atoms with Gasteiger partial charge in [-0.05, 0) is 30.3 Å². The lowest BCUT2D eigenvalue weighted by Crippen LogP contribution is -1.92. The van der Waals surface area contributed by atoms with Gasteiger partial charge in [0.1, 0.15) is 11.6 Å². The van der Waals surface area contributed by atoms with E-state index < -0.39 is 0 Å². The van der Waals surface area contributed by atoms with Gasteiger partial charge in [0.05, 0.1) is 0 Å². The van der Waals surface area contributed by atoms with Gasteiger partial charge in [-0.15, -0.1) is 0 Å². The van der Waals surface area contributed by atoms with Crippen molar-refractivity contribution in [3.8, 4) is 11.6 Å². The Morgan fingerprint density at radius 2 is 1.80 bits per heavy atom. The van der Waals surface area contributed by atoms with Crippen LogP contribution >= 0.6 is 15.9 Å². The molecule has 15 heavy (non-hydrogen) atoms. The predicted octanol–water partition coefficient (Wildman–Crippen LogP) is 3.22. The molecule has 3 nitrogen and oxygen atoms in total. The molecule has 0 saturated carbocycles. The highest BCUT2D eigenvalue weighted by Crippen LogP contribution is 2.21. The molecular formula is C11H9BrN2O. The van der Waals surface area contributed by atoms with Crippen molar-refractivity contribution in [3.05, 3.63) is 46.9 Å². The van der Waals surface area contributed by atoms with E-state index in [0.717, 1.165) is 10.2 Å². The maximum Gasteiger partial charge on any atom is 0.221 e. The molecule has 1 heterocycles. The number of hydrogen-bond acceptors (Lipinski definition) is 3. The molecule has 0 bridgehead atoms. The van der Waals surface area contributed by atoms with Crippen molar-refractivity contribution in [1.82, 2.24) is 4.98 Å². The van der Waals surface area contributed by atoms with Crippen molar-refractivity contribution >= 4 is 21.7 Å². The van der Waals surface area contributed by atoms with Crippen LogP contribution in [0.1, 0.15) is 0 Å². The third kappa shape index (κ3) is 2.70. The van der Waals surface area contributed by atoms with Crippen LogP contribution in [0.15, 0.2) is 46.9 Å². The molecule has 0 radical (unpaired) electrons. The van der Waals surface area contributed by atoms with E-state index in [0.29, 0.717) is 11.7 Å². The Hall–Kier alpha value is -1.55. The molecule has 2 aromatic rings. The number of ether oxygens (including phenoxy) is 1. The lowest BCUT2D eigenvalue weighted by molar-refractivity contribution is 0.464. The Morgan fingerprint density at radius 3 is 2.47 bits per heavy atom. The second-order valence-electron chi connectivity index (χ2n) is 2.96. The van der Waals surface area contributed by atoms with Gasteiger partial charge in [0.25, 0.3) is 0 Å². The predicted molar refractivity (Wildman–Crippen MR) is 62.9 cm³/mol. The number of pyridine rings is 1. The van der Waals surface area contributed by atoms with Gasteiger partial charge >= 0.3 is 0 Å². The summed E-state index contributed by atoms with van der Waals surface area (Å²) in [7, 11) is 0. The molecular weight excluding hydrogens is 256 g/mol. The fraction of sp³-hybridized carbons (Fsp3) is 0. The third-order valence-corrected chi connectivity index (χ3v) is 2.31. The zero-order valence-electron chi connectivity index (χ0n) is 7.85.